The van der Waals surface area contributed by atoms with Gasteiger partial charge in [-0.15, -0.1) is 0 Å². The average Bonchev–Trinajstić information content (AvgIpc) is 2.87. The van der Waals surface area contributed by atoms with Gasteiger partial charge in [0.2, 0.25) is 0 Å². The molecule has 0 saturated heterocycles. The number of rotatable bonds is 5. The molecule has 1 N–H and O–H groups in total. The SMILES string of the molecule is CCn1nc(CNCC2CCCCC2)c2ccccc21. The molecule has 1 aliphatic carbocycles. The van der Waals surface area contributed by atoms with Crippen LogP contribution in [-0.4, -0.2) is 16.3 Å². The van der Waals surface area contributed by atoms with E-state index in [0.29, 0.717) is 0 Å². The highest BCUT2D eigenvalue weighted by Gasteiger charge is 2.14. The van der Waals surface area contributed by atoms with Crippen LogP contribution in [0.4, 0.5) is 0 Å². The Hall–Kier alpha value is -1.35. The fourth-order valence-corrected chi connectivity index (χ4v) is 3.35. The number of nitrogens with zero attached hydrogens (tertiary/aromatic N) is 2. The molecule has 2 aromatic rings. The van der Waals surface area contributed by atoms with Crippen LogP contribution in [0.1, 0.15) is 44.7 Å². The molecule has 3 heteroatoms. The predicted molar refractivity (Wildman–Crippen MR) is 83.7 cm³/mol. The zero-order valence-electron chi connectivity index (χ0n) is 12.4. The molecule has 0 atom stereocenters. The Bertz CT molecular complexity index is 552. The van der Waals surface area contributed by atoms with Gasteiger partial charge in [0, 0.05) is 18.5 Å². The maximum Gasteiger partial charge on any atom is 0.0841 e. The Morgan fingerprint density at radius 2 is 2.00 bits per heavy atom. The average molecular weight is 271 g/mol. The highest BCUT2D eigenvalue weighted by molar-refractivity contribution is 5.81. The van der Waals surface area contributed by atoms with Gasteiger partial charge in [-0.2, -0.15) is 5.10 Å². The van der Waals surface area contributed by atoms with Gasteiger partial charge in [-0.25, -0.2) is 0 Å². The van der Waals surface area contributed by atoms with Crippen LogP contribution in [-0.2, 0) is 13.1 Å². The molecule has 1 aliphatic rings. The molecule has 20 heavy (non-hydrogen) atoms. The van der Waals surface area contributed by atoms with Crippen molar-refractivity contribution in [3.63, 3.8) is 0 Å². The Labute approximate surface area is 121 Å². The minimum Gasteiger partial charge on any atom is -0.311 e. The summed E-state index contributed by atoms with van der Waals surface area (Å²) < 4.78 is 2.10. The second-order valence-corrected chi connectivity index (χ2v) is 5.91. The number of aryl methyl sites for hydroxylation is 1. The zero-order chi connectivity index (χ0) is 13.8. The van der Waals surface area contributed by atoms with Gasteiger partial charge in [0.1, 0.15) is 0 Å². The third-order valence-electron chi connectivity index (χ3n) is 4.48. The summed E-state index contributed by atoms with van der Waals surface area (Å²) >= 11 is 0. The largest absolute Gasteiger partial charge is 0.311 e. The van der Waals surface area contributed by atoms with Gasteiger partial charge in [-0.1, -0.05) is 37.5 Å². The van der Waals surface area contributed by atoms with Crippen LogP contribution in [0.5, 0.6) is 0 Å². The summed E-state index contributed by atoms with van der Waals surface area (Å²) in [6.07, 6.45) is 7.07. The summed E-state index contributed by atoms with van der Waals surface area (Å²) in [5.41, 5.74) is 2.45. The molecule has 0 bridgehead atoms. The summed E-state index contributed by atoms with van der Waals surface area (Å²) in [4.78, 5) is 0. The Morgan fingerprint density at radius 3 is 2.80 bits per heavy atom. The van der Waals surface area contributed by atoms with Crippen molar-refractivity contribution in [1.82, 2.24) is 15.1 Å². The van der Waals surface area contributed by atoms with E-state index in [-0.39, 0.29) is 0 Å². The first-order valence-corrected chi connectivity index (χ1v) is 8.03. The molecule has 0 aliphatic heterocycles. The van der Waals surface area contributed by atoms with E-state index in [1.165, 1.54) is 48.7 Å². The molecule has 0 amide bonds. The lowest BCUT2D eigenvalue weighted by Gasteiger charge is -2.21. The van der Waals surface area contributed by atoms with Crippen molar-refractivity contribution in [1.29, 1.82) is 0 Å². The lowest BCUT2D eigenvalue weighted by Crippen LogP contribution is -2.24. The van der Waals surface area contributed by atoms with Crippen molar-refractivity contribution in [2.75, 3.05) is 6.54 Å². The van der Waals surface area contributed by atoms with Crippen LogP contribution in [0.3, 0.4) is 0 Å². The molecular weight excluding hydrogens is 246 g/mol. The second-order valence-electron chi connectivity index (χ2n) is 5.91. The number of fused-ring (bicyclic) bond motifs is 1. The van der Waals surface area contributed by atoms with Crippen LogP contribution >= 0.6 is 0 Å². The molecule has 3 rings (SSSR count). The maximum atomic E-state index is 4.74. The molecule has 108 valence electrons. The van der Waals surface area contributed by atoms with Crippen LogP contribution < -0.4 is 5.32 Å². The third-order valence-corrected chi connectivity index (χ3v) is 4.48. The van der Waals surface area contributed by atoms with E-state index in [2.05, 4.69) is 41.2 Å². The minimum atomic E-state index is 0.878. The van der Waals surface area contributed by atoms with Gasteiger partial charge in [0.15, 0.2) is 0 Å². The monoisotopic (exact) mass is 271 g/mol. The van der Waals surface area contributed by atoms with Crippen molar-refractivity contribution in [2.45, 2.75) is 52.1 Å². The zero-order valence-corrected chi connectivity index (χ0v) is 12.4. The van der Waals surface area contributed by atoms with Gasteiger partial charge in [-0.05, 0) is 38.3 Å². The van der Waals surface area contributed by atoms with E-state index >= 15 is 0 Å². The number of benzene rings is 1. The van der Waals surface area contributed by atoms with Gasteiger partial charge in [0.05, 0.1) is 11.2 Å². The quantitative estimate of drug-likeness (QED) is 0.898. The van der Waals surface area contributed by atoms with Crippen molar-refractivity contribution >= 4 is 10.9 Å². The molecule has 0 unspecified atom stereocenters. The predicted octanol–water partition coefficient (Wildman–Crippen LogP) is 3.73. The van der Waals surface area contributed by atoms with Gasteiger partial charge < -0.3 is 5.32 Å². The number of nitrogens with one attached hydrogen (secondary N) is 1. The van der Waals surface area contributed by atoms with Gasteiger partial charge in [-0.3, -0.25) is 4.68 Å². The normalized spacial score (nSPS) is 16.9. The number of aromatic nitrogens is 2. The van der Waals surface area contributed by atoms with E-state index in [0.717, 1.165) is 25.6 Å². The second kappa shape index (κ2) is 6.40. The smallest absolute Gasteiger partial charge is 0.0841 e. The van der Waals surface area contributed by atoms with E-state index in [1.807, 2.05) is 0 Å². The molecule has 1 aromatic heterocycles. The van der Waals surface area contributed by atoms with Crippen molar-refractivity contribution in [3.8, 4) is 0 Å². The molecule has 1 heterocycles. The first-order chi connectivity index (χ1) is 9.88. The topological polar surface area (TPSA) is 29.9 Å². The molecule has 3 nitrogen and oxygen atoms in total. The van der Waals surface area contributed by atoms with Crippen LogP contribution in [0.2, 0.25) is 0 Å². The Balaban J connectivity index is 1.65. The fourth-order valence-electron chi connectivity index (χ4n) is 3.35. The van der Waals surface area contributed by atoms with Gasteiger partial charge in [0.25, 0.3) is 0 Å². The molecule has 0 spiro atoms. The first kappa shape index (κ1) is 13.6. The summed E-state index contributed by atoms with van der Waals surface area (Å²) in [5.74, 6) is 0.878. The lowest BCUT2D eigenvalue weighted by atomic mass is 9.89. The van der Waals surface area contributed by atoms with E-state index < -0.39 is 0 Å². The van der Waals surface area contributed by atoms with Crippen molar-refractivity contribution in [2.24, 2.45) is 5.92 Å². The maximum absolute atomic E-state index is 4.74. The Morgan fingerprint density at radius 1 is 1.20 bits per heavy atom. The molecule has 0 radical (unpaired) electrons. The highest BCUT2D eigenvalue weighted by Crippen LogP contribution is 2.23. The summed E-state index contributed by atoms with van der Waals surface area (Å²) in [6.45, 7) is 5.12. The van der Waals surface area contributed by atoms with Crippen LogP contribution in [0.15, 0.2) is 24.3 Å². The summed E-state index contributed by atoms with van der Waals surface area (Å²) in [6, 6.07) is 8.55. The number of hydrogen-bond acceptors (Lipinski definition) is 2. The Kier molecular flexibility index (Phi) is 4.36. The third kappa shape index (κ3) is 2.88. The van der Waals surface area contributed by atoms with Crippen molar-refractivity contribution in [3.05, 3.63) is 30.0 Å². The van der Waals surface area contributed by atoms with Crippen LogP contribution in [0, 0.1) is 5.92 Å². The van der Waals surface area contributed by atoms with Crippen molar-refractivity contribution < 1.29 is 0 Å². The van der Waals surface area contributed by atoms with E-state index in [4.69, 9.17) is 5.10 Å². The first-order valence-electron chi connectivity index (χ1n) is 8.03. The fraction of sp³-hybridized carbons (Fsp3) is 0.588. The molecular formula is C17H25N3. The number of para-hydroxylation sites is 1. The van der Waals surface area contributed by atoms with Gasteiger partial charge >= 0.3 is 0 Å². The highest BCUT2D eigenvalue weighted by atomic mass is 15.3. The molecule has 1 aromatic carbocycles. The molecule has 1 fully saturated rings. The lowest BCUT2D eigenvalue weighted by molar-refractivity contribution is 0.341. The number of hydrogen-bond donors (Lipinski definition) is 1. The standard InChI is InChI=1S/C17H25N3/c1-2-20-17-11-7-6-10-15(17)16(19-20)13-18-12-14-8-4-3-5-9-14/h6-7,10-11,14,18H,2-5,8-9,12-13H2,1H3. The summed E-state index contributed by atoms with van der Waals surface area (Å²) in [7, 11) is 0. The molecule has 1 saturated carbocycles. The summed E-state index contributed by atoms with van der Waals surface area (Å²) in [5, 5.41) is 9.67. The van der Waals surface area contributed by atoms with Crippen LogP contribution in [0.25, 0.3) is 10.9 Å². The van der Waals surface area contributed by atoms with E-state index in [9.17, 15) is 0 Å². The minimum absolute atomic E-state index is 0.878. The van der Waals surface area contributed by atoms with E-state index in [1.54, 1.807) is 0 Å².